The number of benzene rings is 4. The monoisotopic (exact) mass is 698 g/mol. The van der Waals surface area contributed by atoms with Crippen molar-refractivity contribution in [1.29, 1.82) is 0 Å². The predicted octanol–water partition coefficient (Wildman–Crippen LogP) is 10.3. The van der Waals surface area contributed by atoms with E-state index in [9.17, 15) is 14.0 Å². The molecule has 0 aliphatic carbocycles. The maximum atomic E-state index is 15.1. The lowest BCUT2D eigenvalue weighted by Gasteiger charge is -2.17. The van der Waals surface area contributed by atoms with Gasteiger partial charge in [-0.3, -0.25) is 0 Å². The highest BCUT2D eigenvalue weighted by molar-refractivity contribution is 5.91. The molecular formula is C43H48F2O6. The van der Waals surface area contributed by atoms with Crippen molar-refractivity contribution >= 4 is 11.9 Å². The second-order valence-electron chi connectivity index (χ2n) is 13.6. The van der Waals surface area contributed by atoms with E-state index in [2.05, 4.69) is 26.0 Å². The summed E-state index contributed by atoms with van der Waals surface area (Å²) in [6, 6.07) is 24.3. The number of rotatable bonds is 16. The van der Waals surface area contributed by atoms with Gasteiger partial charge < -0.3 is 18.9 Å². The van der Waals surface area contributed by atoms with Crippen molar-refractivity contribution in [2.45, 2.75) is 97.1 Å². The molecule has 51 heavy (non-hydrogen) atoms. The minimum Gasteiger partial charge on any atom is -0.459 e. The Morgan fingerprint density at radius 2 is 1.18 bits per heavy atom. The molecule has 0 spiro atoms. The van der Waals surface area contributed by atoms with Crippen molar-refractivity contribution in [2.75, 3.05) is 13.2 Å². The first-order chi connectivity index (χ1) is 24.6. The van der Waals surface area contributed by atoms with Gasteiger partial charge in [-0.1, -0.05) is 94.1 Å². The van der Waals surface area contributed by atoms with Gasteiger partial charge in [0.2, 0.25) is 0 Å². The van der Waals surface area contributed by atoms with Crippen LogP contribution in [0.3, 0.4) is 0 Å². The molecule has 5 rings (SSSR count). The Labute approximate surface area is 300 Å². The van der Waals surface area contributed by atoms with Crippen LogP contribution in [0.15, 0.2) is 84.9 Å². The SMILES string of the molecule is CCCCCc1ccc(-c2ccc(C(=O)OC[C@H]3OC(C)(C)O[C@@H]3COC(=O)c3ccc(-c4ccc(CCCCC)cc4F)cc3)c(F)c2)cc1. The lowest BCUT2D eigenvalue weighted by atomic mass is 9.99. The van der Waals surface area contributed by atoms with Crippen LogP contribution in [-0.2, 0) is 31.8 Å². The molecule has 4 aromatic rings. The first-order valence-electron chi connectivity index (χ1n) is 18.0. The number of esters is 2. The molecule has 6 nitrogen and oxygen atoms in total. The zero-order chi connectivity index (χ0) is 36.4. The fourth-order valence-electron chi connectivity index (χ4n) is 6.28. The van der Waals surface area contributed by atoms with Gasteiger partial charge in [-0.2, -0.15) is 0 Å². The summed E-state index contributed by atoms with van der Waals surface area (Å²) in [5.74, 6) is -3.44. The summed E-state index contributed by atoms with van der Waals surface area (Å²) in [4.78, 5) is 25.8. The number of halogens is 2. The Hall–Kier alpha value is -4.40. The topological polar surface area (TPSA) is 71.1 Å². The van der Waals surface area contributed by atoms with Crippen LogP contribution in [-0.4, -0.2) is 43.1 Å². The molecule has 1 aliphatic rings. The number of hydrogen-bond donors (Lipinski definition) is 0. The molecule has 0 unspecified atom stereocenters. The first-order valence-corrected chi connectivity index (χ1v) is 18.0. The van der Waals surface area contributed by atoms with Gasteiger partial charge in [0.15, 0.2) is 5.79 Å². The summed E-state index contributed by atoms with van der Waals surface area (Å²) in [7, 11) is 0. The summed E-state index contributed by atoms with van der Waals surface area (Å²) in [5, 5.41) is 0. The van der Waals surface area contributed by atoms with Crippen LogP contribution >= 0.6 is 0 Å². The first kappa shape index (κ1) is 37.8. The summed E-state index contributed by atoms with van der Waals surface area (Å²) in [5.41, 5.74) is 4.94. The maximum absolute atomic E-state index is 15.1. The Bertz CT molecular complexity index is 1770. The third-order valence-electron chi connectivity index (χ3n) is 9.12. The third kappa shape index (κ3) is 10.3. The molecule has 270 valence electrons. The molecule has 1 aliphatic heterocycles. The maximum Gasteiger partial charge on any atom is 0.341 e. The van der Waals surface area contributed by atoms with Gasteiger partial charge in [-0.05, 0) is 97.7 Å². The van der Waals surface area contributed by atoms with E-state index in [1.165, 1.54) is 30.5 Å². The smallest absolute Gasteiger partial charge is 0.341 e. The molecule has 2 atom stereocenters. The molecule has 0 bridgehead atoms. The molecule has 4 aromatic carbocycles. The zero-order valence-electron chi connectivity index (χ0n) is 30.0. The fourth-order valence-corrected chi connectivity index (χ4v) is 6.28. The van der Waals surface area contributed by atoms with E-state index in [-0.39, 0.29) is 24.6 Å². The van der Waals surface area contributed by atoms with E-state index < -0.39 is 35.8 Å². The molecular weight excluding hydrogens is 650 g/mol. The standard InChI is InChI=1S/C43H48F2O6/c1-5-7-9-11-29-13-16-31(17-14-29)34-22-24-36(38(45)26-34)42(47)49-28-40-39(50-43(3,4)51-40)27-48-41(46)33-20-18-32(19-21-33)35-23-15-30(25-37(35)44)12-10-8-6-2/h13-26,39-40H,5-12,27-28H2,1-4H3/t39-,40-/m1/s1. The van der Waals surface area contributed by atoms with Gasteiger partial charge in [-0.15, -0.1) is 0 Å². The molecule has 8 heteroatoms. The second-order valence-corrected chi connectivity index (χ2v) is 13.6. The van der Waals surface area contributed by atoms with Crippen molar-refractivity contribution < 1.29 is 37.3 Å². The fraction of sp³-hybridized carbons (Fsp3) is 0.395. The summed E-state index contributed by atoms with van der Waals surface area (Å²) in [6.07, 6.45) is 7.09. The van der Waals surface area contributed by atoms with E-state index in [1.54, 1.807) is 56.3 Å². The van der Waals surface area contributed by atoms with Crippen molar-refractivity contribution in [2.24, 2.45) is 0 Å². The number of hydrogen-bond acceptors (Lipinski definition) is 6. The lowest BCUT2D eigenvalue weighted by molar-refractivity contribution is -0.151. The van der Waals surface area contributed by atoms with Gasteiger partial charge in [0.05, 0.1) is 11.1 Å². The molecule has 0 saturated carbocycles. The number of carbonyl (C=O) groups is 2. The van der Waals surface area contributed by atoms with E-state index in [0.29, 0.717) is 22.3 Å². The van der Waals surface area contributed by atoms with Crippen molar-refractivity contribution in [3.63, 3.8) is 0 Å². The quantitative estimate of drug-likeness (QED) is 0.0857. The van der Waals surface area contributed by atoms with Crippen LogP contribution in [0.5, 0.6) is 0 Å². The predicted molar refractivity (Wildman–Crippen MR) is 195 cm³/mol. The van der Waals surface area contributed by atoms with Gasteiger partial charge in [0.25, 0.3) is 0 Å². The van der Waals surface area contributed by atoms with Crippen LogP contribution in [0, 0.1) is 11.6 Å². The van der Waals surface area contributed by atoms with Crippen molar-refractivity contribution in [3.05, 3.63) is 119 Å². The molecule has 0 amide bonds. The highest BCUT2D eigenvalue weighted by Gasteiger charge is 2.42. The Morgan fingerprint density at radius 3 is 1.76 bits per heavy atom. The lowest BCUT2D eigenvalue weighted by Crippen LogP contribution is -2.33. The third-order valence-corrected chi connectivity index (χ3v) is 9.12. The second kappa shape index (κ2) is 17.7. The Balaban J connectivity index is 1.14. The van der Waals surface area contributed by atoms with E-state index >= 15 is 4.39 Å². The van der Waals surface area contributed by atoms with Crippen LogP contribution in [0.2, 0.25) is 0 Å². The minimum atomic E-state index is -1.02. The van der Waals surface area contributed by atoms with Crippen LogP contribution in [0.4, 0.5) is 8.78 Å². The van der Waals surface area contributed by atoms with Crippen molar-refractivity contribution in [3.8, 4) is 22.3 Å². The van der Waals surface area contributed by atoms with Gasteiger partial charge in [0, 0.05) is 5.56 Å². The summed E-state index contributed by atoms with van der Waals surface area (Å²) < 4.78 is 52.9. The molecule has 0 N–H and O–H groups in total. The number of carbonyl (C=O) groups excluding carboxylic acids is 2. The van der Waals surface area contributed by atoms with Crippen LogP contribution in [0.25, 0.3) is 22.3 Å². The molecule has 1 fully saturated rings. The Kier molecular flexibility index (Phi) is 13.1. The minimum absolute atomic E-state index is 0.166. The molecule has 0 aromatic heterocycles. The molecule has 1 heterocycles. The normalized spacial score (nSPS) is 16.6. The Morgan fingerprint density at radius 1 is 0.627 bits per heavy atom. The van der Waals surface area contributed by atoms with Crippen molar-refractivity contribution in [1.82, 2.24) is 0 Å². The average Bonchev–Trinajstić information content (AvgIpc) is 3.43. The number of ether oxygens (including phenoxy) is 4. The zero-order valence-corrected chi connectivity index (χ0v) is 30.0. The van der Waals surface area contributed by atoms with Gasteiger partial charge in [0.1, 0.15) is 37.1 Å². The van der Waals surface area contributed by atoms with E-state index in [4.69, 9.17) is 18.9 Å². The van der Waals surface area contributed by atoms with Crippen LogP contribution in [0.1, 0.15) is 98.1 Å². The van der Waals surface area contributed by atoms with Gasteiger partial charge in [-0.25, -0.2) is 18.4 Å². The number of aryl methyl sites for hydroxylation is 2. The van der Waals surface area contributed by atoms with E-state index in [1.807, 2.05) is 18.2 Å². The molecule has 0 radical (unpaired) electrons. The number of unbranched alkanes of at least 4 members (excludes halogenated alkanes) is 4. The van der Waals surface area contributed by atoms with Gasteiger partial charge >= 0.3 is 11.9 Å². The van der Waals surface area contributed by atoms with E-state index in [0.717, 1.165) is 49.7 Å². The summed E-state index contributed by atoms with van der Waals surface area (Å²) >= 11 is 0. The summed E-state index contributed by atoms with van der Waals surface area (Å²) in [6.45, 7) is 7.32. The average molecular weight is 699 g/mol. The largest absolute Gasteiger partial charge is 0.459 e. The molecule has 1 saturated heterocycles. The highest BCUT2D eigenvalue weighted by Crippen LogP contribution is 2.30. The van der Waals surface area contributed by atoms with Crippen LogP contribution < -0.4 is 0 Å². The highest BCUT2D eigenvalue weighted by atomic mass is 19.1.